The highest BCUT2D eigenvalue weighted by Gasteiger charge is 2.42. The molecule has 0 saturated carbocycles. The molecule has 0 N–H and O–H groups in total. The minimum atomic E-state index is -0.330. The van der Waals surface area contributed by atoms with Crippen molar-refractivity contribution in [2.45, 2.75) is 11.8 Å². The SMILES string of the molecule is COCC1(CC=O)c2ccccc2-c2ccccc21. The molecule has 0 atom stereocenters. The van der Waals surface area contributed by atoms with E-state index in [2.05, 4.69) is 24.3 Å². The first kappa shape index (κ1) is 12.1. The molecule has 0 unspecified atom stereocenters. The average molecular weight is 252 g/mol. The summed E-state index contributed by atoms with van der Waals surface area (Å²) >= 11 is 0. The molecule has 0 bridgehead atoms. The zero-order chi connectivity index (χ0) is 13.3. The second-order valence-electron chi connectivity index (χ2n) is 4.98. The first-order valence-electron chi connectivity index (χ1n) is 6.45. The molecule has 1 aliphatic carbocycles. The molecular weight excluding hydrogens is 236 g/mol. The van der Waals surface area contributed by atoms with Crippen molar-refractivity contribution in [2.75, 3.05) is 13.7 Å². The van der Waals surface area contributed by atoms with Crippen LogP contribution >= 0.6 is 0 Å². The van der Waals surface area contributed by atoms with Gasteiger partial charge in [0.1, 0.15) is 6.29 Å². The molecule has 2 aromatic carbocycles. The standard InChI is InChI=1S/C17H16O2/c1-19-12-17(10-11-18)15-8-4-2-6-13(15)14-7-3-5-9-16(14)17/h2-9,11H,10,12H2,1H3. The Labute approximate surface area is 113 Å². The van der Waals surface area contributed by atoms with Crippen LogP contribution in [0.4, 0.5) is 0 Å². The van der Waals surface area contributed by atoms with Gasteiger partial charge in [0.05, 0.1) is 12.0 Å². The highest BCUT2D eigenvalue weighted by Crippen LogP contribution is 2.50. The maximum absolute atomic E-state index is 11.2. The van der Waals surface area contributed by atoms with Gasteiger partial charge in [0.2, 0.25) is 0 Å². The van der Waals surface area contributed by atoms with Crippen LogP contribution < -0.4 is 0 Å². The molecule has 0 saturated heterocycles. The van der Waals surface area contributed by atoms with Crippen molar-refractivity contribution in [2.24, 2.45) is 0 Å². The van der Waals surface area contributed by atoms with E-state index in [4.69, 9.17) is 4.74 Å². The summed E-state index contributed by atoms with van der Waals surface area (Å²) < 4.78 is 5.44. The number of carbonyl (C=O) groups excluding carboxylic acids is 1. The summed E-state index contributed by atoms with van der Waals surface area (Å²) in [7, 11) is 1.69. The van der Waals surface area contributed by atoms with Gasteiger partial charge in [-0.2, -0.15) is 0 Å². The molecular formula is C17H16O2. The summed E-state index contributed by atoms with van der Waals surface area (Å²) in [5, 5.41) is 0. The Hall–Kier alpha value is -1.93. The first-order chi connectivity index (χ1) is 9.33. The predicted octanol–water partition coefficient (Wildman–Crippen LogP) is 3.19. The lowest BCUT2D eigenvalue weighted by molar-refractivity contribution is -0.109. The molecule has 2 nitrogen and oxygen atoms in total. The monoisotopic (exact) mass is 252 g/mol. The van der Waals surface area contributed by atoms with Crippen LogP contribution in [0.15, 0.2) is 48.5 Å². The van der Waals surface area contributed by atoms with Crippen LogP contribution in [0.25, 0.3) is 11.1 Å². The van der Waals surface area contributed by atoms with Crippen molar-refractivity contribution in [3.05, 3.63) is 59.7 Å². The molecule has 0 radical (unpaired) electrons. The number of carbonyl (C=O) groups is 1. The van der Waals surface area contributed by atoms with Gasteiger partial charge in [0.15, 0.2) is 0 Å². The first-order valence-corrected chi connectivity index (χ1v) is 6.45. The zero-order valence-electron chi connectivity index (χ0n) is 10.9. The number of methoxy groups -OCH3 is 1. The second-order valence-corrected chi connectivity index (χ2v) is 4.98. The van der Waals surface area contributed by atoms with Gasteiger partial charge in [0.25, 0.3) is 0 Å². The van der Waals surface area contributed by atoms with Crippen LogP contribution in [0.2, 0.25) is 0 Å². The fourth-order valence-corrected chi connectivity index (χ4v) is 3.24. The topological polar surface area (TPSA) is 26.3 Å². The largest absolute Gasteiger partial charge is 0.383 e. The van der Waals surface area contributed by atoms with E-state index >= 15 is 0 Å². The molecule has 1 aliphatic rings. The molecule has 2 aromatic rings. The predicted molar refractivity (Wildman–Crippen MR) is 75.2 cm³/mol. The number of aldehydes is 1. The van der Waals surface area contributed by atoms with E-state index < -0.39 is 0 Å². The van der Waals surface area contributed by atoms with Gasteiger partial charge in [-0.05, 0) is 22.3 Å². The Kier molecular flexibility index (Phi) is 2.96. The Morgan fingerprint density at radius 1 is 1.00 bits per heavy atom. The molecule has 0 aromatic heterocycles. The van der Waals surface area contributed by atoms with Gasteiger partial charge in [-0.1, -0.05) is 48.5 Å². The summed E-state index contributed by atoms with van der Waals surface area (Å²) in [6.07, 6.45) is 1.45. The summed E-state index contributed by atoms with van der Waals surface area (Å²) in [4.78, 5) is 11.2. The van der Waals surface area contributed by atoms with Gasteiger partial charge in [-0.15, -0.1) is 0 Å². The van der Waals surface area contributed by atoms with E-state index in [1.807, 2.05) is 24.3 Å². The van der Waals surface area contributed by atoms with Crippen LogP contribution in [-0.4, -0.2) is 20.0 Å². The summed E-state index contributed by atoms with van der Waals surface area (Å²) in [6, 6.07) is 16.6. The van der Waals surface area contributed by atoms with E-state index in [1.165, 1.54) is 22.3 Å². The molecule has 96 valence electrons. The summed E-state index contributed by atoms with van der Waals surface area (Å²) in [6.45, 7) is 0.528. The number of hydrogen-bond acceptors (Lipinski definition) is 2. The van der Waals surface area contributed by atoms with Crippen LogP contribution in [0, 0.1) is 0 Å². The molecule has 2 heteroatoms. The maximum atomic E-state index is 11.2. The van der Waals surface area contributed by atoms with Crippen molar-refractivity contribution in [3.8, 4) is 11.1 Å². The van der Waals surface area contributed by atoms with Crippen LogP contribution in [-0.2, 0) is 14.9 Å². The van der Waals surface area contributed by atoms with Crippen molar-refractivity contribution < 1.29 is 9.53 Å². The molecule has 0 fully saturated rings. The van der Waals surface area contributed by atoms with Crippen molar-refractivity contribution in [1.82, 2.24) is 0 Å². The lowest BCUT2D eigenvalue weighted by Crippen LogP contribution is -2.31. The molecule has 0 spiro atoms. The average Bonchev–Trinajstić information content (AvgIpc) is 2.72. The third-order valence-electron chi connectivity index (χ3n) is 4.00. The maximum Gasteiger partial charge on any atom is 0.121 e. The van der Waals surface area contributed by atoms with E-state index in [0.717, 1.165) is 6.29 Å². The second kappa shape index (κ2) is 4.63. The lowest BCUT2D eigenvalue weighted by Gasteiger charge is -2.29. The van der Waals surface area contributed by atoms with Gasteiger partial charge >= 0.3 is 0 Å². The fourth-order valence-electron chi connectivity index (χ4n) is 3.24. The van der Waals surface area contributed by atoms with Crippen molar-refractivity contribution >= 4 is 6.29 Å². The third-order valence-corrected chi connectivity index (χ3v) is 4.00. The Balaban J connectivity index is 2.31. The number of hydrogen-bond donors (Lipinski definition) is 0. The van der Waals surface area contributed by atoms with Crippen molar-refractivity contribution in [3.63, 3.8) is 0 Å². The highest BCUT2D eigenvalue weighted by molar-refractivity contribution is 5.82. The van der Waals surface area contributed by atoms with Gasteiger partial charge in [0, 0.05) is 13.5 Å². The van der Waals surface area contributed by atoms with Crippen LogP contribution in [0.1, 0.15) is 17.5 Å². The Bertz CT molecular complexity index is 571. The van der Waals surface area contributed by atoms with E-state index in [-0.39, 0.29) is 5.41 Å². The van der Waals surface area contributed by atoms with E-state index in [0.29, 0.717) is 13.0 Å². The summed E-state index contributed by atoms with van der Waals surface area (Å²) in [5.74, 6) is 0. The van der Waals surface area contributed by atoms with Gasteiger partial charge < -0.3 is 9.53 Å². The minimum Gasteiger partial charge on any atom is -0.383 e. The van der Waals surface area contributed by atoms with E-state index in [9.17, 15) is 4.79 Å². The Morgan fingerprint density at radius 3 is 2.00 bits per heavy atom. The van der Waals surface area contributed by atoms with Gasteiger partial charge in [-0.25, -0.2) is 0 Å². The van der Waals surface area contributed by atoms with Crippen LogP contribution in [0.5, 0.6) is 0 Å². The Morgan fingerprint density at radius 2 is 1.53 bits per heavy atom. The van der Waals surface area contributed by atoms with Crippen LogP contribution in [0.3, 0.4) is 0 Å². The lowest BCUT2D eigenvalue weighted by atomic mass is 9.76. The third kappa shape index (κ3) is 1.64. The molecule has 0 aliphatic heterocycles. The molecule has 3 rings (SSSR count). The number of fused-ring (bicyclic) bond motifs is 3. The number of ether oxygens (including phenoxy) is 1. The summed E-state index contributed by atoms with van der Waals surface area (Å²) in [5.41, 5.74) is 4.51. The number of benzene rings is 2. The molecule has 19 heavy (non-hydrogen) atoms. The molecule has 0 amide bonds. The quantitative estimate of drug-likeness (QED) is 0.781. The zero-order valence-corrected chi connectivity index (χ0v) is 10.9. The fraction of sp³-hybridized carbons (Fsp3) is 0.235. The van der Waals surface area contributed by atoms with Gasteiger partial charge in [-0.3, -0.25) is 0 Å². The van der Waals surface area contributed by atoms with E-state index in [1.54, 1.807) is 7.11 Å². The number of rotatable bonds is 4. The normalized spacial score (nSPS) is 14.8. The smallest absolute Gasteiger partial charge is 0.121 e. The highest BCUT2D eigenvalue weighted by atomic mass is 16.5. The molecule has 0 heterocycles. The minimum absolute atomic E-state index is 0.330. The van der Waals surface area contributed by atoms with Crippen molar-refractivity contribution in [1.29, 1.82) is 0 Å².